The van der Waals surface area contributed by atoms with Crippen molar-refractivity contribution in [1.82, 2.24) is 0 Å². The van der Waals surface area contributed by atoms with Crippen LogP contribution in [0.1, 0.15) is 90.4 Å². The van der Waals surface area contributed by atoms with Crippen molar-refractivity contribution in [3.63, 3.8) is 0 Å². The van der Waals surface area contributed by atoms with Crippen LogP contribution in [0.5, 0.6) is 0 Å². The lowest BCUT2D eigenvalue weighted by atomic mass is 9.88. The number of hydrogen-bond acceptors (Lipinski definition) is 7. The molecule has 0 spiro atoms. The Morgan fingerprint density at radius 3 is 1.02 bits per heavy atom. The van der Waals surface area contributed by atoms with Crippen LogP contribution < -0.4 is 0 Å². The normalized spacial score (nSPS) is 53.2. The van der Waals surface area contributed by atoms with E-state index in [-0.39, 0.29) is 0 Å². The summed E-state index contributed by atoms with van der Waals surface area (Å²) < 4.78 is 47.5. The summed E-state index contributed by atoms with van der Waals surface area (Å²) in [6, 6.07) is 4.19. The Bertz CT molecular complexity index is 926. The Morgan fingerprint density at radius 2 is 0.738 bits per heavy atom. The monoisotopic (exact) mass is 654 g/mol. The summed E-state index contributed by atoms with van der Waals surface area (Å²) in [5.41, 5.74) is 0. The zero-order valence-electron chi connectivity index (χ0n) is 27.1. The van der Waals surface area contributed by atoms with Gasteiger partial charge in [0.05, 0.1) is 36.6 Å². The van der Waals surface area contributed by atoms with Crippen molar-refractivity contribution < 1.29 is 30.7 Å². The standard InChI is InChI=1S/C31H58O7Si4/c1-6-16-39(2)35-40(3,17-13-23-7-10-26-29(20-23)32-26)37-42(5,19-15-25-9-12-28-31(22-25)34-28)38-41(4,36-39)18-14-24-8-11-27-30(21-24)33-27/h23-31H,6-22H2,1-5H3. The second-order valence-corrected chi connectivity index (χ2v) is 30.3. The minimum absolute atomic E-state index is 0.528. The fourth-order valence-electron chi connectivity index (χ4n) is 9.42. The molecule has 7 nitrogen and oxygen atoms in total. The van der Waals surface area contributed by atoms with Crippen LogP contribution in [0.2, 0.25) is 50.4 Å². The molecule has 7 rings (SSSR count). The van der Waals surface area contributed by atoms with E-state index >= 15 is 0 Å². The summed E-state index contributed by atoms with van der Waals surface area (Å²) in [6.07, 6.45) is 19.2. The van der Waals surface area contributed by atoms with E-state index in [0.717, 1.165) is 48.4 Å². The third-order valence-electron chi connectivity index (χ3n) is 11.8. The number of fused-ring (bicyclic) bond motifs is 3. The number of epoxide rings is 3. The van der Waals surface area contributed by atoms with Gasteiger partial charge in [-0.3, -0.25) is 0 Å². The highest BCUT2D eigenvalue weighted by atomic mass is 28.5. The van der Waals surface area contributed by atoms with Crippen molar-refractivity contribution in [1.29, 1.82) is 0 Å². The molecule has 3 saturated carbocycles. The molecule has 11 unspecified atom stereocenters. The first-order valence-corrected chi connectivity index (χ1v) is 27.9. The minimum Gasteiger partial charge on any atom is -0.416 e. The van der Waals surface area contributed by atoms with E-state index in [2.05, 4.69) is 33.1 Å². The van der Waals surface area contributed by atoms with Crippen LogP contribution in [0.4, 0.5) is 0 Å². The highest BCUT2D eigenvalue weighted by Crippen LogP contribution is 2.47. The van der Waals surface area contributed by atoms with Crippen LogP contribution >= 0.6 is 0 Å². The summed E-state index contributed by atoms with van der Waals surface area (Å²) in [6.45, 7) is 11.7. The van der Waals surface area contributed by atoms with E-state index in [1.807, 2.05) is 0 Å². The third-order valence-corrected chi connectivity index (χ3v) is 30.6. The molecule has 4 aliphatic heterocycles. The van der Waals surface area contributed by atoms with E-state index in [0.29, 0.717) is 36.6 Å². The Kier molecular flexibility index (Phi) is 8.91. The van der Waals surface area contributed by atoms with Gasteiger partial charge in [-0.15, -0.1) is 0 Å². The van der Waals surface area contributed by atoms with Crippen LogP contribution in [0.15, 0.2) is 0 Å². The predicted octanol–water partition coefficient (Wildman–Crippen LogP) is 7.64. The molecule has 7 aliphatic rings. The van der Waals surface area contributed by atoms with Gasteiger partial charge in [-0.1, -0.05) is 13.3 Å². The number of ether oxygens (including phenoxy) is 3. The molecule has 3 aliphatic carbocycles. The summed E-state index contributed by atoms with van der Waals surface area (Å²) in [5, 5.41) is 0. The molecule has 0 bridgehead atoms. The van der Waals surface area contributed by atoms with Crippen molar-refractivity contribution in [2.45, 2.75) is 177 Å². The van der Waals surface area contributed by atoms with E-state index in [4.69, 9.17) is 30.7 Å². The summed E-state index contributed by atoms with van der Waals surface area (Å²) >= 11 is 0. The van der Waals surface area contributed by atoms with Gasteiger partial charge in [-0.05, 0) is 145 Å². The maximum absolute atomic E-state index is 7.52. The Labute approximate surface area is 259 Å². The predicted molar refractivity (Wildman–Crippen MR) is 172 cm³/mol. The smallest absolute Gasteiger partial charge is 0.317 e. The number of hydrogen-bond donors (Lipinski definition) is 0. The van der Waals surface area contributed by atoms with Gasteiger partial charge in [0.15, 0.2) is 0 Å². The van der Waals surface area contributed by atoms with Gasteiger partial charge < -0.3 is 30.7 Å². The zero-order chi connectivity index (χ0) is 29.2. The van der Waals surface area contributed by atoms with Crippen molar-refractivity contribution in [2.24, 2.45) is 17.8 Å². The lowest BCUT2D eigenvalue weighted by molar-refractivity contribution is 0.213. The van der Waals surface area contributed by atoms with Gasteiger partial charge in [0.2, 0.25) is 0 Å². The summed E-state index contributed by atoms with van der Waals surface area (Å²) in [7, 11) is -10.1. The summed E-state index contributed by atoms with van der Waals surface area (Å²) in [4.78, 5) is 0. The molecule has 0 aromatic carbocycles. The highest BCUT2D eigenvalue weighted by molar-refractivity contribution is 6.93. The summed E-state index contributed by atoms with van der Waals surface area (Å²) in [5.74, 6) is 2.22. The second kappa shape index (κ2) is 12.0. The largest absolute Gasteiger partial charge is 0.416 e. The fourth-order valence-corrected chi connectivity index (χ4v) is 33.2. The SMILES string of the molecule is CCC[Si]1(C)O[Si](C)(CCC2CCC3OC3C2)O[Si](C)(CCC2CCC3OC3C2)O[Si](C)(CCC2CCC3OC3C2)O1. The maximum Gasteiger partial charge on any atom is 0.317 e. The van der Waals surface area contributed by atoms with Gasteiger partial charge in [-0.25, -0.2) is 0 Å². The van der Waals surface area contributed by atoms with Crippen molar-refractivity contribution in [3.05, 3.63) is 0 Å². The average Bonchev–Trinajstić information content (AvgIpc) is 3.81. The Hall–Kier alpha value is 0.588. The van der Waals surface area contributed by atoms with E-state index in [1.54, 1.807) is 0 Å². The van der Waals surface area contributed by atoms with E-state index in [9.17, 15) is 0 Å². The zero-order valence-corrected chi connectivity index (χ0v) is 31.1. The van der Waals surface area contributed by atoms with Gasteiger partial charge in [0, 0.05) is 0 Å². The second-order valence-electron chi connectivity index (χ2n) is 16.0. The molecule has 0 aromatic rings. The third kappa shape index (κ3) is 7.58. The van der Waals surface area contributed by atoms with E-state index < -0.39 is 34.2 Å². The molecule has 0 N–H and O–H groups in total. The lowest BCUT2D eigenvalue weighted by Crippen LogP contribution is -2.67. The van der Waals surface area contributed by atoms with Crippen molar-refractivity contribution in [2.75, 3.05) is 0 Å². The molecule has 0 amide bonds. The molecule has 240 valence electrons. The molecular formula is C31H58O7Si4. The van der Waals surface area contributed by atoms with Crippen molar-refractivity contribution >= 4 is 34.2 Å². The molecule has 4 heterocycles. The molecule has 11 heteroatoms. The molecule has 0 aromatic heterocycles. The molecule has 42 heavy (non-hydrogen) atoms. The van der Waals surface area contributed by atoms with Crippen LogP contribution in [0.3, 0.4) is 0 Å². The van der Waals surface area contributed by atoms with Gasteiger partial charge in [0.25, 0.3) is 0 Å². The Morgan fingerprint density at radius 1 is 0.429 bits per heavy atom. The molecule has 4 saturated heterocycles. The van der Waals surface area contributed by atoms with E-state index in [1.165, 1.54) is 77.0 Å². The topological polar surface area (TPSA) is 74.5 Å². The highest BCUT2D eigenvalue weighted by Gasteiger charge is 2.57. The first-order chi connectivity index (χ1) is 20.0. The molecule has 7 fully saturated rings. The molecular weight excluding hydrogens is 597 g/mol. The Balaban J connectivity index is 1.08. The minimum atomic E-state index is -2.55. The quantitative estimate of drug-likeness (QED) is 0.167. The lowest BCUT2D eigenvalue weighted by Gasteiger charge is -2.51. The van der Waals surface area contributed by atoms with Crippen molar-refractivity contribution in [3.8, 4) is 0 Å². The van der Waals surface area contributed by atoms with Crippen LogP contribution in [0.25, 0.3) is 0 Å². The van der Waals surface area contributed by atoms with Gasteiger partial charge >= 0.3 is 34.2 Å². The van der Waals surface area contributed by atoms with Crippen LogP contribution in [0, 0.1) is 17.8 Å². The fraction of sp³-hybridized carbons (Fsp3) is 1.00. The molecule has 11 atom stereocenters. The van der Waals surface area contributed by atoms with Crippen LogP contribution in [-0.2, 0) is 30.7 Å². The van der Waals surface area contributed by atoms with Gasteiger partial charge in [0.1, 0.15) is 0 Å². The maximum atomic E-state index is 7.52. The first kappa shape index (κ1) is 31.2. The number of rotatable bonds is 11. The van der Waals surface area contributed by atoms with Crippen LogP contribution in [-0.4, -0.2) is 70.9 Å². The first-order valence-electron chi connectivity index (χ1n) is 17.8. The average molecular weight is 655 g/mol. The van der Waals surface area contributed by atoms with Gasteiger partial charge in [-0.2, -0.15) is 0 Å². The molecule has 0 radical (unpaired) electrons.